The first-order valence-electron chi connectivity index (χ1n) is 20.6. The molecule has 0 spiro atoms. The molecule has 15 nitrogen and oxygen atoms in total. The number of hydrogen-bond donors (Lipinski definition) is 0. The number of likely N-dealkylation sites (N-methyl/N-ethyl adjacent to an activating group) is 1. The van der Waals surface area contributed by atoms with Gasteiger partial charge in [-0.25, -0.2) is 14.6 Å². The van der Waals surface area contributed by atoms with Crippen molar-refractivity contribution in [2.45, 2.75) is 148 Å². The average molecular weight is 798 g/mol. The quantitative estimate of drug-likeness (QED) is 0.346. The van der Waals surface area contributed by atoms with Crippen molar-refractivity contribution in [2.24, 2.45) is 29.6 Å². The van der Waals surface area contributed by atoms with Gasteiger partial charge in [0.1, 0.15) is 6.10 Å². The fraction of sp³-hybridized carbons (Fsp3) is 0.762. The van der Waals surface area contributed by atoms with Crippen LogP contribution in [0.25, 0.3) is 5.95 Å². The maximum Gasteiger partial charge on any atom is 0.311 e. The fourth-order valence-corrected chi connectivity index (χ4v) is 9.73. The number of carbonyl (C=O) groups excluding carboxylic acids is 3. The first-order chi connectivity index (χ1) is 26.9. The molecule has 0 saturated carbocycles. The van der Waals surface area contributed by atoms with Gasteiger partial charge in [-0.3, -0.25) is 14.4 Å². The number of aromatic nitrogens is 4. The summed E-state index contributed by atoms with van der Waals surface area (Å²) in [5.41, 5.74) is -1.47. The molecule has 4 saturated heterocycles. The molecule has 4 aliphatic rings. The van der Waals surface area contributed by atoms with Gasteiger partial charge in [0.15, 0.2) is 23.8 Å². The smallest absolute Gasteiger partial charge is 0.311 e. The predicted molar refractivity (Wildman–Crippen MR) is 207 cm³/mol. The summed E-state index contributed by atoms with van der Waals surface area (Å²) in [5.74, 6) is -2.65. The Balaban J connectivity index is 1.42. The van der Waals surface area contributed by atoms with E-state index in [4.69, 9.17) is 33.2 Å². The molecule has 4 fully saturated rings. The summed E-state index contributed by atoms with van der Waals surface area (Å²) < 4.78 is 48.3. The summed E-state index contributed by atoms with van der Waals surface area (Å²) in [4.78, 5) is 52.1. The Labute approximate surface area is 336 Å². The topological polar surface area (TPSA) is 163 Å². The van der Waals surface area contributed by atoms with Crippen LogP contribution in [0.3, 0.4) is 0 Å². The van der Waals surface area contributed by atoms with E-state index < -0.39 is 77.7 Å². The number of fused-ring (bicyclic) bond motifs is 5. The lowest BCUT2D eigenvalue weighted by molar-refractivity contribution is -0.305. The number of hydrogen-bond acceptors (Lipinski definition) is 14. The van der Waals surface area contributed by atoms with Gasteiger partial charge in [-0.05, 0) is 85.0 Å². The fourth-order valence-electron chi connectivity index (χ4n) is 9.73. The monoisotopic (exact) mass is 797 g/mol. The van der Waals surface area contributed by atoms with Crippen molar-refractivity contribution in [3.63, 3.8) is 0 Å². The van der Waals surface area contributed by atoms with Crippen molar-refractivity contribution in [2.75, 3.05) is 27.3 Å². The lowest BCUT2D eigenvalue weighted by Gasteiger charge is -2.49. The molecule has 4 aliphatic heterocycles. The number of nitrogens with zero attached hydrogens (tertiary/aromatic N) is 5. The molecule has 15 heteroatoms. The van der Waals surface area contributed by atoms with Crippen LogP contribution in [0.2, 0.25) is 0 Å². The molecule has 0 amide bonds. The highest BCUT2D eigenvalue weighted by atomic mass is 16.7. The molecule has 0 radical (unpaired) electrons. The molecule has 57 heavy (non-hydrogen) atoms. The van der Waals surface area contributed by atoms with Gasteiger partial charge in [-0.2, -0.15) is 5.10 Å². The van der Waals surface area contributed by atoms with Gasteiger partial charge in [-0.15, -0.1) is 0 Å². The summed E-state index contributed by atoms with van der Waals surface area (Å²) >= 11 is 0. The third-order valence-electron chi connectivity index (χ3n) is 12.7. The normalized spacial score (nSPS) is 40.6. The molecular weight excluding hydrogens is 734 g/mol. The number of carbonyl (C=O) groups is 3. The van der Waals surface area contributed by atoms with Crippen LogP contribution in [0.4, 0.5) is 0 Å². The number of rotatable bonds is 8. The molecule has 0 aromatic carbocycles. The van der Waals surface area contributed by atoms with Crippen LogP contribution in [0.5, 0.6) is 0 Å². The minimum absolute atomic E-state index is 0.0889. The third-order valence-corrected chi connectivity index (χ3v) is 12.7. The van der Waals surface area contributed by atoms with Crippen molar-refractivity contribution in [3.05, 3.63) is 36.4 Å². The van der Waals surface area contributed by atoms with E-state index >= 15 is 0 Å². The minimum Gasteiger partial charge on any atom is -0.459 e. The van der Waals surface area contributed by atoms with Crippen molar-refractivity contribution in [1.29, 1.82) is 0 Å². The van der Waals surface area contributed by atoms with Gasteiger partial charge in [0.05, 0.1) is 55.2 Å². The lowest BCUT2D eigenvalue weighted by atomic mass is 9.75. The Morgan fingerprint density at radius 2 is 1.75 bits per heavy atom. The van der Waals surface area contributed by atoms with Crippen LogP contribution >= 0.6 is 0 Å². The number of esters is 2. The molecule has 4 bridgehead atoms. The van der Waals surface area contributed by atoms with Crippen LogP contribution in [0.1, 0.15) is 87.1 Å². The van der Waals surface area contributed by atoms with Crippen molar-refractivity contribution >= 4 is 17.7 Å². The van der Waals surface area contributed by atoms with Crippen molar-refractivity contribution in [1.82, 2.24) is 24.6 Å². The molecular formula is C42H63N5O10. The average Bonchev–Trinajstić information content (AvgIpc) is 3.79. The summed E-state index contributed by atoms with van der Waals surface area (Å²) in [5, 5.41) is 4.23. The Morgan fingerprint density at radius 3 is 2.39 bits per heavy atom. The second kappa shape index (κ2) is 17.5. The Bertz CT molecular complexity index is 1690. The Morgan fingerprint density at radius 1 is 1.04 bits per heavy atom. The summed E-state index contributed by atoms with van der Waals surface area (Å²) in [6, 6.07) is 1.62. The standard InChI is InChI=1S/C42H63N5O10/c1-12-32-42(9)36(49)25(4)33(57-42)23(2)18-41(8)37(56-39-35(54-28(7)48)31(46(10)11)16-24(3)53-39)26(5)34(27(6)38(50)55-32)51-21-30(22-52-41)17-29-19-43-40(44-20-29)47-15-13-14-45-47/h13-15,19-20,23-27,30-35,37,39H,12,16-18,21-22H2,1-11H3/t23-,24-,25?,26-,27-,30?,31+,32-,33?,34+,35-,37-,39+,41-,42?/m1/s1. The van der Waals surface area contributed by atoms with Crippen LogP contribution in [-0.4, -0.2) is 130 Å². The van der Waals surface area contributed by atoms with E-state index in [0.29, 0.717) is 31.6 Å². The second-order valence-corrected chi connectivity index (χ2v) is 17.6. The zero-order valence-corrected chi connectivity index (χ0v) is 35.5. The van der Waals surface area contributed by atoms with Crippen LogP contribution < -0.4 is 0 Å². The Hall–Kier alpha value is -3.34. The highest BCUT2D eigenvalue weighted by molar-refractivity contribution is 5.92. The second-order valence-electron chi connectivity index (χ2n) is 17.6. The van der Waals surface area contributed by atoms with Crippen LogP contribution in [0, 0.1) is 29.6 Å². The SMILES string of the molecule is CC[C@H]1OC(=O)[C@H](C)[C@H]2OCC(Cc3cnc(-n4cccn4)nc3)CO[C@](C)(C[C@@H](C)C3OC1(C)C(=O)C3C)[C@H](O[C@@H]1O[C@H](C)C[C@H](N(C)C)[C@H]1OC(C)=O)[C@@H]2C. The van der Waals surface area contributed by atoms with E-state index in [2.05, 4.69) is 22.0 Å². The van der Waals surface area contributed by atoms with Gasteiger partial charge in [0, 0.05) is 49.5 Å². The van der Waals surface area contributed by atoms with E-state index in [0.717, 1.165) is 5.56 Å². The molecule has 0 N–H and O–H groups in total. The van der Waals surface area contributed by atoms with Gasteiger partial charge >= 0.3 is 11.9 Å². The summed E-state index contributed by atoms with van der Waals surface area (Å²) in [7, 11) is 3.90. The molecule has 316 valence electrons. The Kier molecular flexibility index (Phi) is 13.3. The molecule has 6 heterocycles. The van der Waals surface area contributed by atoms with E-state index in [1.54, 1.807) is 43.3 Å². The van der Waals surface area contributed by atoms with E-state index in [9.17, 15) is 14.4 Å². The first kappa shape index (κ1) is 43.2. The van der Waals surface area contributed by atoms with E-state index in [1.807, 2.05) is 59.7 Å². The van der Waals surface area contributed by atoms with Gasteiger partial charge in [-0.1, -0.05) is 27.7 Å². The number of cyclic esters (lactones) is 1. The lowest BCUT2D eigenvalue weighted by Crippen LogP contribution is -2.60. The van der Waals surface area contributed by atoms with Gasteiger partial charge in [0.25, 0.3) is 0 Å². The molecule has 15 atom stereocenters. The highest BCUT2D eigenvalue weighted by Gasteiger charge is 2.59. The highest BCUT2D eigenvalue weighted by Crippen LogP contribution is 2.46. The molecule has 0 aliphatic carbocycles. The summed E-state index contributed by atoms with van der Waals surface area (Å²) in [6.07, 6.45) is 4.34. The molecule has 6 rings (SSSR count). The zero-order valence-electron chi connectivity index (χ0n) is 35.5. The van der Waals surface area contributed by atoms with Gasteiger partial charge < -0.3 is 38.1 Å². The zero-order chi connectivity index (χ0) is 41.4. The van der Waals surface area contributed by atoms with E-state index in [1.165, 1.54) is 6.92 Å². The van der Waals surface area contributed by atoms with E-state index in [-0.39, 0.29) is 43.0 Å². The van der Waals surface area contributed by atoms with Crippen LogP contribution in [0.15, 0.2) is 30.9 Å². The number of ether oxygens (including phenoxy) is 7. The first-order valence-corrected chi connectivity index (χ1v) is 20.6. The molecule has 2 aromatic heterocycles. The van der Waals surface area contributed by atoms with Gasteiger partial charge in [0.2, 0.25) is 5.95 Å². The number of Topliss-reactive ketones (excluding diaryl/α,β-unsaturated/α-hetero) is 1. The third kappa shape index (κ3) is 8.98. The number of ketones is 1. The largest absolute Gasteiger partial charge is 0.459 e. The maximum atomic E-state index is 14.3. The molecule has 2 aromatic rings. The molecule has 4 unspecified atom stereocenters. The minimum atomic E-state index is -1.31. The predicted octanol–water partition coefficient (Wildman–Crippen LogP) is 4.37. The maximum absolute atomic E-state index is 14.3. The van der Waals surface area contributed by atoms with Crippen molar-refractivity contribution in [3.8, 4) is 5.95 Å². The summed E-state index contributed by atoms with van der Waals surface area (Å²) in [6.45, 7) is 17.4. The van der Waals surface area contributed by atoms with Crippen LogP contribution in [-0.2, 0) is 54.0 Å². The van der Waals surface area contributed by atoms with Crippen molar-refractivity contribution < 1.29 is 47.5 Å².